The van der Waals surface area contributed by atoms with Gasteiger partial charge < -0.3 is 10.1 Å². The van der Waals surface area contributed by atoms with E-state index in [4.69, 9.17) is 27.9 Å². The molecule has 0 aliphatic carbocycles. The molecule has 0 saturated heterocycles. The summed E-state index contributed by atoms with van der Waals surface area (Å²) in [4.78, 5) is 0. The molecular weight excluding hydrogens is 233 g/mol. The maximum Gasteiger partial charge on any atom is 0.0741 e. The molecule has 15 heavy (non-hydrogen) atoms. The Labute approximate surface area is 101 Å². The fourth-order valence-electron chi connectivity index (χ4n) is 1.17. The third kappa shape index (κ3) is 3.56. The zero-order valence-corrected chi connectivity index (χ0v) is 10.6. The molecule has 0 aliphatic rings. The van der Waals surface area contributed by atoms with Gasteiger partial charge in [0.15, 0.2) is 0 Å². The van der Waals surface area contributed by atoms with Gasteiger partial charge in [0.05, 0.1) is 16.8 Å². The predicted octanol–water partition coefficient (Wildman–Crippen LogP) is 3.83. The summed E-state index contributed by atoms with van der Waals surface area (Å²) in [7, 11) is 1.69. The number of ether oxygens (including phenoxy) is 1. The van der Waals surface area contributed by atoms with Crippen LogP contribution in [0, 0.1) is 0 Å². The number of anilines is 1. The molecule has 0 spiro atoms. The Morgan fingerprint density at radius 3 is 2.47 bits per heavy atom. The van der Waals surface area contributed by atoms with Crippen LogP contribution in [-0.4, -0.2) is 19.3 Å². The maximum atomic E-state index is 6.03. The van der Waals surface area contributed by atoms with Crippen molar-refractivity contribution in [1.82, 2.24) is 0 Å². The van der Waals surface area contributed by atoms with Crippen molar-refractivity contribution >= 4 is 28.9 Å². The van der Waals surface area contributed by atoms with Crippen LogP contribution in [0.25, 0.3) is 0 Å². The van der Waals surface area contributed by atoms with Crippen molar-refractivity contribution in [3.8, 4) is 0 Å². The molecule has 0 amide bonds. The van der Waals surface area contributed by atoms with Crippen LogP contribution in [0.5, 0.6) is 0 Å². The molecule has 1 aromatic carbocycles. The molecule has 2 atom stereocenters. The first-order valence-electron chi connectivity index (χ1n) is 4.79. The van der Waals surface area contributed by atoms with E-state index in [1.165, 1.54) is 0 Å². The van der Waals surface area contributed by atoms with Gasteiger partial charge in [-0.05, 0) is 32.0 Å². The van der Waals surface area contributed by atoms with Crippen molar-refractivity contribution in [3.63, 3.8) is 0 Å². The van der Waals surface area contributed by atoms with Crippen molar-refractivity contribution in [2.45, 2.75) is 26.0 Å². The second-order valence-corrected chi connectivity index (χ2v) is 4.34. The topological polar surface area (TPSA) is 21.3 Å². The lowest BCUT2D eigenvalue weighted by Gasteiger charge is -2.21. The number of rotatable bonds is 4. The van der Waals surface area contributed by atoms with Crippen LogP contribution < -0.4 is 5.32 Å². The molecule has 0 fully saturated rings. The molecule has 84 valence electrons. The van der Waals surface area contributed by atoms with Gasteiger partial charge in [-0.3, -0.25) is 0 Å². The molecule has 2 nitrogen and oxygen atoms in total. The van der Waals surface area contributed by atoms with Gasteiger partial charge in [-0.15, -0.1) is 0 Å². The Kier molecular flexibility index (Phi) is 4.71. The summed E-state index contributed by atoms with van der Waals surface area (Å²) in [6.45, 7) is 4.04. The molecule has 1 rings (SSSR count). The summed E-state index contributed by atoms with van der Waals surface area (Å²) in [5.74, 6) is 0. The molecule has 1 N–H and O–H groups in total. The first-order valence-corrected chi connectivity index (χ1v) is 5.54. The second kappa shape index (κ2) is 5.59. The van der Waals surface area contributed by atoms with Gasteiger partial charge in [0.2, 0.25) is 0 Å². The van der Waals surface area contributed by atoms with Gasteiger partial charge in [-0.2, -0.15) is 0 Å². The van der Waals surface area contributed by atoms with Crippen LogP contribution >= 0.6 is 23.2 Å². The zero-order valence-electron chi connectivity index (χ0n) is 9.05. The van der Waals surface area contributed by atoms with Gasteiger partial charge in [0, 0.05) is 18.2 Å². The van der Waals surface area contributed by atoms with Crippen LogP contribution in [0.2, 0.25) is 10.0 Å². The van der Waals surface area contributed by atoms with E-state index in [-0.39, 0.29) is 12.1 Å². The lowest BCUT2D eigenvalue weighted by atomic mass is 10.2. The molecule has 0 aromatic heterocycles. The molecule has 0 bridgehead atoms. The van der Waals surface area contributed by atoms with Gasteiger partial charge in [0.1, 0.15) is 0 Å². The molecule has 0 radical (unpaired) electrons. The summed E-state index contributed by atoms with van der Waals surface area (Å²) in [5.41, 5.74) is 0.873. The highest BCUT2D eigenvalue weighted by Crippen LogP contribution is 2.26. The lowest BCUT2D eigenvalue weighted by Crippen LogP contribution is -2.29. The highest BCUT2D eigenvalue weighted by molar-refractivity contribution is 6.36. The van der Waals surface area contributed by atoms with Crippen molar-refractivity contribution < 1.29 is 4.74 Å². The summed E-state index contributed by atoms with van der Waals surface area (Å²) in [6.07, 6.45) is 0.122. The number of halogens is 2. The van der Waals surface area contributed by atoms with Crippen molar-refractivity contribution in [3.05, 3.63) is 28.2 Å². The van der Waals surface area contributed by atoms with Gasteiger partial charge in [-0.1, -0.05) is 23.2 Å². The number of hydrogen-bond donors (Lipinski definition) is 1. The third-order valence-electron chi connectivity index (χ3n) is 2.39. The van der Waals surface area contributed by atoms with Crippen LogP contribution in [0.15, 0.2) is 18.2 Å². The summed E-state index contributed by atoms with van der Waals surface area (Å²) in [5, 5.41) is 4.53. The van der Waals surface area contributed by atoms with E-state index in [9.17, 15) is 0 Å². The van der Waals surface area contributed by atoms with E-state index in [2.05, 4.69) is 5.32 Å². The summed E-state index contributed by atoms with van der Waals surface area (Å²) in [6, 6.07) is 5.58. The van der Waals surface area contributed by atoms with Gasteiger partial charge in [-0.25, -0.2) is 0 Å². The first kappa shape index (κ1) is 12.6. The van der Waals surface area contributed by atoms with Crippen molar-refractivity contribution in [2.24, 2.45) is 0 Å². The zero-order chi connectivity index (χ0) is 11.4. The minimum absolute atomic E-state index is 0.122. The highest BCUT2D eigenvalue weighted by atomic mass is 35.5. The van der Waals surface area contributed by atoms with Crippen LogP contribution in [0.1, 0.15) is 13.8 Å². The Bertz CT molecular complexity index is 330. The highest BCUT2D eigenvalue weighted by Gasteiger charge is 2.12. The Balaban J connectivity index is 2.72. The summed E-state index contributed by atoms with van der Waals surface area (Å²) >= 11 is 11.8. The largest absolute Gasteiger partial charge is 0.380 e. The maximum absolute atomic E-state index is 6.03. The van der Waals surface area contributed by atoms with E-state index in [1.807, 2.05) is 19.9 Å². The van der Waals surface area contributed by atoms with E-state index < -0.39 is 0 Å². The lowest BCUT2D eigenvalue weighted by molar-refractivity contribution is 0.106. The van der Waals surface area contributed by atoms with Gasteiger partial charge in [0.25, 0.3) is 0 Å². The van der Waals surface area contributed by atoms with Crippen LogP contribution in [0.3, 0.4) is 0 Å². The average molecular weight is 248 g/mol. The van der Waals surface area contributed by atoms with E-state index in [1.54, 1.807) is 19.2 Å². The second-order valence-electron chi connectivity index (χ2n) is 3.50. The van der Waals surface area contributed by atoms with Gasteiger partial charge >= 0.3 is 0 Å². The Morgan fingerprint density at radius 1 is 1.27 bits per heavy atom. The standard InChI is InChI=1S/C11H15Cl2NO/c1-7(8(2)15-3)14-11-5-4-9(12)6-10(11)13/h4-8,14H,1-3H3. The van der Waals surface area contributed by atoms with Crippen molar-refractivity contribution in [1.29, 1.82) is 0 Å². The molecule has 2 unspecified atom stereocenters. The summed E-state index contributed by atoms with van der Waals surface area (Å²) < 4.78 is 5.22. The average Bonchev–Trinajstić information content (AvgIpc) is 2.20. The fourth-order valence-corrected chi connectivity index (χ4v) is 1.64. The molecule has 1 aromatic rings. The van der Waals surface area contributed by atoms with E-state index >= 15 is 0 Å². The monoisotopic (exact) mass is 247 g/mol. The van der Waals surface area contributed by atoms with E-state index in [0.29, 0.717) is 10.0 Å². The Morgan fingerprint density at radius 2 is 1.93 bits per heavy atom. The van der Waals surface area contributed by atoms with Crippen LogP contribution in [0.4, 0.5) is 5.69 Å². The predicted molar refractivity (Wildman–Crippen MR) is 66.0 cm³/mol. The fraction of sp³-hybridized carbons (Fsp3) is 0.455. The minimum Gasteiger partial charge on any atom is -0.380 e. The van der Waals surface area contributed by atoms with Crippen LogP contribution in [-0.2, 0) is 4.74 Å². The molecule has 4 heteroatoms. The molecular formula is C11H15Cl2NO. The quantitative estimate of drug-likeness (QED) is 0.874. The Hall–Kier alpha value is -0.440. The molecule has 0 saturated carbocycles. The number of benzene rings is 1. The SMILES string of the molecule is COC(C)C(C)Nc1ccc(Cl)cc1Cl. The van der Waals surface area contributed by atoms with Crippen molar-refractivity contribution in [2.75, 3.05) is 12.4 Å². The third-order valence-corrected chi connectivity index (χ3v) is 2.94. The minimum atomic E-state index is 0.122. The molecule has 0 heterocycles. The first-order chi connectivity index (χ1) is 7.04. The van der Waals surface area contributed by atoms with E-state index in [0.717, 1.165) is 5.69 Å². The molecule has 0 aliphatic heterocycles. The number of methoxy groups -OCH3 is 1. The number of nitrogens with one attached hydrogen (secondary N) is 1. The smallest absolute Gasteiger partial charge is 0.0741 e. The normalized spacial score (nSPS) is 14.7. The number of hydrogen-bond acceptors (Lipinski definition) is 2.